The maximum atomic E-state index is 10.5. The minimum atomic E-state index is -0.387. The van der Waals surface area contributed by atoms with Gasteiger partial charge in [0.25, 0.3) is 0 Å². The van der Waals surface area contributed by atoms with Gasteiger partial charge in [0.2, 0.25) is 5.91 Å². The number of carbonyl (C=O) groups excluding carboxylic acids is 1. The quantitative estimate of drug-likeness (QED) is 0.691. The predicted octanol–water partition coefficient (Wildman–Crippen LogP) is 0.331. The highest BCUT2D eigenvalue weighted by Gasteiger charge is 2.26. The van der Waals surface area contributed by atoms with Gasteiger partial charge in [-0.2, -0.15) is 0 Å². The first-order valence-electron chi connectivity index (χ1n) is 4.39. The van der Waals surface area contributed by atoms with Crippen LogP contribution in [0.2, 0.25) is 0 Å². The monoisotopic (exact) mass is 201 g/mol. The molecule has 1 fully saturated rings. The Kier molecular flexibility index (Phi) is 3.59. The highest BCUT2D eigenvalue weighted by molar-refractivity contribution is 8.14. The van der Waals surface area contributed by atoms with Crippen molar-refractivity contribution in [2.45, 2.75) is 31.6 Å². The molecular formula is C8H15N3OS. The second-order valence-electron chi connectivity index (χ2n) is 3.09. The predicted molar refractivity (Wildman–Crippen MR) is 55.8 cm³/mol. The second kappa shape index (κ2) is 4.50. The van der Waals surface area contributed by atoms with E-state index in [1.54, 1.807) is 11.8 Å². The number of nitrogens with zero attached hydrogens (tertiary/aromatic N) is 1. The molecule has 0 aromatic carbocycles. The zero-order valence-electron chi connectivity index (χ0n) is 7.91. The number of carbonyl (C=O) groups is 1. The van der Waals surface area contributed by atoms with Crippen molar-refractivity contribution >= 4 is 22.8 Å². The molecule has 5 heteroatoms. The van der Waals surface area contributed by atoms with E-state index in [2.05, 4.69) is 24.2 Å². The van der Waals surface area contributed by atoms with E-state index in [0.29, 0.717) is 11.3 Å². The maximum Gasteiger partial charge on any atom is 0.239 e. The minimum absolute atomic E-state index is 0.0818. The lowest BCUT2D eigenvalue weighted by Crippen LogP contribution is -2.28. The molecule has 13 heavy (non-hydrogen) atoms. The van der Waals surface area contributed by atoms with Crippen molar-refractivity contribution in [1.29, 1.82) is 0 Å². The minimum Gasteiger partial charge on any atom is -0.368 e. The zero-order chi connectivity index (χ0) is 9.84. The van der Waals surface area contributed by atoms with Crippen LogP contribution in [-0.2, 0) is 4.79 Å². The summed E-state index contributed by atoms with van der Waals surface area (Å²) in [5, 5.41) is 4.62. The number of aliphatic imine (C=N–C) groups is 1. The molecule has 2 atom stereocenters. The molecule has 0 aromatic heterocycles. The number of nitrogens with one attached hydrogen (secondary N) is 1. The van der Waals surface area contributed by atoms with Crippen molar-refractivity contribution in [1.82, 2.24) is 5.32 Å². The van der Waals surface area contributed by atoms with Gasteiger partial charge in [0.1, 0.15) is 6.54 Å². The Bertz CT molecular complexity index is 229. The summed E-state index contributed by atoms with van der Waals surface area (Å²) in [6.45, 7) is 4.35. The van der Waals surface area contributed by atoms with Gasteiger partial charge in [-0.1, -0.05) is 18.7 Å². The Hall–Kier alpha value is -0.710. The Morgan fingerprint density at radius 2 is 2.46 bits per heavy atom. The van der Waals surface area contributed by atoms with Crippen molar-refractivity contribution in [3.8, 4) is 0 Å². The maximum absolute atomic E-state index is 10.5. The average molecular weight is 201 g/mol. The van der Waals surface area contributed by atoms with E-state index >= 15 is 0 Å². The first-order chi connectivity index (χ1) is 6.13. The van der Waals surface area contributed by atoms with Gasteiger partial charge in [-0.05, 0) is 13.3 Å². The molecule has 1 amide bonds. The van der Waals surface area contributed by atoms with Gasteiger partial charge in [0.05, 0.1) is 0 Å². The molecule has 0 aliphatic carbocycles. The molecule has 0 spiro atoms. The molecule has 3 N–H and O–H groups in total. The number of hydrogen-bond acceptors (Lipinski definition) is 3. The number of thioether (sulfide) groups is 1. The third kappa shape index (κ3) is 2.91. The SMILES string of the molecule is CCC1SC(=NCC(N)=O)NC1C. The molecule has 1 rings (SSSR count). The standard InChI is InChI=1S/C8H15N3OS/c1-3-6-5(2)11-8(13-6)10-4-7(9)12/h5-6H,3-4H2,1-2H3,(H2,9,12)(H,10,11). The van der Waals surface area contributed by atoms with Crippen molar-refractivity contribution in [3.63, 3.8) is 0 Å². The lowest BCUT2D eigenvalue weighted by molar-refractivity contribution is -0.116. The summed E-state index contributed by atoms with van der Waals surface area (Å²) in [7, 11) is 0. The molecular weight excluding hydrogens is 186 g/mol. The molecule has 74 valence electrons. The number of hydrogen-bond donors (Lipinski definition) is 2. The Morgan fingerprint density at radius 1 is 1.77 bits per heavy atom. The summed E-state index contributed by atoms with van der Waals surface area (Å²) in [6, 6.07) is 0.432. The van der Waals surface area contributed by atoms with Crippen LogP contribution >= 0.6 is 11.8 Å². The lowest BCUT2D eigenvalue weighted by atomic mass is 10.2. The molecule has 1 aliphatic heterocycles. The van der Waals surface area contributed by atoms with Crippen LogP contribution in [0.4, 0.5) is 0 Å². The van der Waals surface area contributed by atoms with Crippen LogP contribution < -0.4 is 11.1 Å². The molecule has 1 heterocycles. The van der Waals surface area contributed by atoms with Crippen LogP contribution in [-0.4, -0.2) is 28.9 Å². The third-order valence-electron chi connectivity index (χ3n) is 1.95. The van der Waals surface area contributed by atoms with Crippen molar-refractivity contribution < 1.29 is 4.79 Å². The van der Waals surface area contributed by atoms with Crippen LogP contribution in [0.15, 0.2) is 4.99 Å². The fourth-order valence-corrected chi connectivity index (χ4v) is 2.36. The molecule has 4 nitrogen and oxygen atoms in total. The highest BCUT2D eigenvalue weighted by Crippen LogP contribution is 2.25. The first-order valence-corrected chi connectivity index (χ1v) is 5.27. The van der Waals surface area contributed by atoms with Crippen molar-refractivity contribution in [2.75, 3.05) is 6.54 Å². The topological polar surface area (TPSA) is 67.5 Å². The largest absolute Gasteiger partial charge is 0.368 e. The third-order valence-corrected chi connectivity index (χ3v) is 3.47. The smallest absolute Gasteiger partial charge is 0.239 e. The van der Waals surface area contributed by atoms with Gasteiger partial charge in [-0.3, -0.25) is 9.79 Å². The van der Waals surface area contributed by atoms with Gasteiger partial charge in [-0.25, -0.2) is 0 Å². The second-order valence-corrected chi connectivity index (χ2v) is 4.31. The molecule has 0 aromatic rings. The summed E-state index contributed by atoms with van der Waals surface area (Å²) in [4.78, 5) is 14.5. The van der Waals surface area contributed by atoms with Crippen LogP contribution in [0, 0.1) is 0 Å². The van der Waals surface area contributed by atoms with E-state index < -0.39 is 0 Å². The number of amidine groups is 1. The first kappa shape index (κ1) is 10.4. The Labute approximate surface area is 82.4 Å². The molecule has 0 saturated carbocycles. The fourth-order valence-electron chi connectivity index (χ4n) is 1.24. The van der Waals surface area contributed by atoms with E-state index in [1.807, 2.05) is 0 Å². The number of primary amides is 1. The Morgan fingerprint density at radius 3 is 2.92 bits per heavy atom. The summed E-state index contributed by atoms with van der Waals surface area (Å²) >= 11 is 1.69. The van der Waals surface area contributed by atoms with Gasteiger partial charge >= 0.3 is 0 Å². The van der Waals surface area contributed by atoms with Crippen molar-refractivity contribution in [2.24, 2.45) is 10.7 Å². The lowest BCUT2D eigenvalue weighted by Gasteiger charge is -2.08. The van der Waals surface area contributed by atoms with Gasteiger partial charge in [0.15, 0.2) is 5.17 Å². The van der Waals surface area contributed by atoms with E-state index in [-0.39, 0.29) is 12.5 Å². The summed E-state index contributed by atoms with van der Waals surface area (Å²) in [6.07, 6.45) is 1.11. The average Bonchev–Trinajstić information content (AvgIpc) is 2.43. The summed E-state index contributed by atoms with van der Waals surface area (Å²) in [5.74, 6) is -0.387. The summed E-state index contributed by atoms with van der Waals surface area (Å²) in [5.41, 5.74) is 4.99. The number of rotatable bonds is 3. The highest BCUT2D eigenvalue weighted by atomic mass is 32.2. The molecule has 0 radical (unpaired) electrons. The van der Waals surface area contributed by atoms with Gasteiger partial charge in [-0.15, -0.1) is 0 Å². The summed E-state index contributed by atoms with van der Waals surface area (Å²) < 4.78 is 0. The van der Waals surface area contributed by atoms with E-state index in [4.69, 9.17) is 5.73 Å². The number of nitrogens with two attached hydrogens (primary N) is 1. The number of amides is 1. The van der Waals surface area contributed by atoms with Crippen LogP contribution in [0.5, 0.6) is 0 Å². The molecule has 1 saturated heterocycles. The fraction of sp³-hybridized carbons (Fsp3) is 0.750. The van der Waals surface area contributed by atoms with Gasteiger partial charge < -0.3 is 11.1 Å². The van der Waals surface area contributed by atoms with E-state index in [1.165, 1.54) is 0 Å². The molecule has 2 unspecified atom stereocenters. The zero-order valence-corrected chi connectivity index (χ0v) is 8.73. The van der Waals surface area contributed by atoms with Crippen LogP contribution in [0.1, 0.15) is 20.3 Å². The molecule has 1 aliphatic rings. The van der Waals surface area contributed by atoms with E-state index in [9.17, 15) is 4.79 Å². The van der Waals surface area contributed by atoms with Crippen LogP contribution in [0.3, 0.4) is 0 Å². The van der Waals surface area contributed by atoms with Gasteiger partial charge in [0, 0.05) is 11.3 Å². The van der Waals surface area contributed by atoms with E-state index in [0.717, 1.165) is 11.6 Å². The van der Waals surface area contributed by atoms with Crippen LogP contribution in [0.25, 0.3) is 0 Å². The molecule has 0 bridgehead atoms. The normalized spacial score (nSPS) is 30.5. The Balaban J connectivity index is 2.47. The van der Waals surface area contributed by atoms with Crippen molar-refractivity contribution in [3.05, 3.63) is 0 Å².